The maximum absolute atomic E-state index is 4.59. The first-order valence-electron chi connectivity index (χ1n) is 6.86. The summed E-state index contributed by atoms with van der Waals surface area (Å²) in [5.74, 6) is 0.763. The van der Waals surface area contributed by atoms with Gasteiger partial charge < -0.3 is 0 Å². The highest BCUT2D eigenvalue weighted by atomic mass is 79.9. The number of halogens is 1. The van der Waals surface area contributed by atoms with Crippen LogP contribution in [0.25, 0.3) is 16.7 Å². The maximum Gasteiger partial charge on any atom is 0.170 e. The lowest BCUT2D eigenvalue weighted by Gasteiger charge is -2.01. The van der Waals surface area contributed by atoms with E-state index in [1.54, 1.807) is 17.0 Å². The molecule has 0 aliphatic heterocycles. The lowest BCUT2D eigenvalue weighted by atomic mass is 10.3. The van der Waals surface area contributed by atoms with Crippen LogP contribution in [0.1, 0.15) is 17.2 Å². The number of fused-ring (bicyclic) bond motifs is 3. The average molecular weight is 361 g/mol. The van der Waals surface area contributed by atoms with Crippen LogP contribution < -0.4 is 0 Å². The molecule has 4 rings (SSSR count). The Morgan fingerprint density at radius 2 is 2.14 bits per heavy atom. The van der Waals surface area contributed by atoms with Crippen molar-refractivity contribution in [2.24, 2.45) is 0 Å². The molecule has 4 aromatic heterocycles. The van der Waals surface area contributed by atoms with Gasteiger partial charge >= 0.3 is 0 Å². The van der Waals surface area contributed by atoms with E-state index >= 15 is 0 Å². The Morgan fingerprint density at radius 1 is 1.27 bits per heavy atom. The van der Waals surface area contributed by atoms with Crippen LogP contribution in [0.5, 0.6) is 0 Å². The smallest absolute Gasteiger partial charge is 0.170 e. The van der Waals surface area contributed by atoms with E-state index in [0.717, 1.165) is 39.3 Å². The largest absolute Gasteiger partial charge is 0.268 e. The maximum atomic E-state index is 4.59. The SMILES string of the molecule is Cc1nn(CCc2nc3c4cn[nH]c4ncn3n2)c(C)c1Br. The topological polar surface area (TPSA) is 89.6 Å². The molecule has 0 amide bonds. The number of H-pyrrole nitrogens is 1. The van der Waals surface area contributed by atoms with E-state index in [1.165, 1.54) is 0 Å². The Balaban J connectivity index is 1.65. The highest BCUT2D eigenvalue weighted by Crippen LogP contribution is 2.20. The zero-order valence-electron chi connectivity index (χ0n) is 12.1. The second kappa shape index (κ2) is 4.87. The summed E-state index contributed by atoms with van der Waals surface area (Å²) in [6.07, 6.45) is 4.07. The predicted molar refractivity (Wildman–Crippen MR) is 83.5 cm³/mol. The molecule has 0 fully saturated rings. The minimum Gasteiger partial charge on any atom is -0.268 e. The van der Waals surface area contributed by atoms with Crippen molar-refractivity contribution in [3.63, 3.8) is 0 Å². The van der Waals surface area contributed by atoms with Crippen molar-refractivity contribution in [1.29, 1.82) is 0 Å². The monoisotopic (exact) mass is 360 g/mol. The quantitative estimate of drug-likeness (QED) is 0.601. The molecule has 112 valence electrons. The van der Waals surface area contributed by atoms with Crippen LogP contribution >= 0.6 is 15.9 Å². The summed E-state index contributed by atoms with van der Waals surface area (Å²) in [6.45, 7) is 4.76. The molecule has 8 nitrogen and oxygen atoms in total. The number of hydrogen-bond acceptors (Lipinski definition) is 5. The minimum atomic E-state index is 0.704. The highest BCUT2D eigenvalue weighted by Gasteiger charge is 2.12. The Bertz CT molecular complexity index is 979. The van der Waals surface area contributed by atoms with E-state index in [0.29, 0.717) is 12.1 Å². The Morgan fingerprint density at radius 3 is 2.91 bits per heavy atom. The van der Waals surface area contributed by atoms with Gasteiger partial charge in [-0.05, 0) is 29.8 Å². The van der Waals surface area contributed by atoms with Crippen LogP contribution in [0.15, 0.2) is 17.0 Å². The Labute approximate surface area is 133 Å². The molecule has 0 aromatic carbocycles. The van der Waals surface area contributed by atoms with Gasteiger partial charge in [0.1, 0.15) is 6.33 Å². The van der Waals surface area contributed by atoms with Crippen LogP contribution in [-0.4, -0.2) is 39.6 Å². The number of hydrogen-bond donors (Lipinski definition) is 1. The number of rotatable bonds is 3. The van der Waals surface area contributed by atoms with Crippen molar-refractivity contribution in [3.8, 4) is 0 Å². The molecule has 0 atom stereocenters. The Kier molecular flexibility index (Phi) is 2.96. The lowest BCUT2D eigenvalue weighted by molar-refractivity contribution is 0.581. The van der Waals surface area contributed by atoms with Gasteiger partial charge in [0.25, 0.3) is 0 Å². The molecule has 1 N–H and O–H groups in total. The number of aromatic amines is 1. The standard InChI is InChI=1S/C13H13BrN8/c1-7-11(14)8(2)21(19-7)4-3-10-17-13-9-5-16-18-12(9)15-6-22(13)20-10/h5-6H,3-4H2,1-2H3,(H,16,18). The third-order valence-electron chi connectivity index (χ3n) is 3.67. The molecule has 0 saturated carbocycles. The summed E-state index contributed by atoms with van der Waals surface area (Å²) in [7, 11) is 0. The van der Waals surface area contributed by atoms with E-state index in [1.807, 2.05) is 18.5 Å². The zero-order chi connectivity index (χ0) is 15.3. The number of nitrogens with one attached hydrogen (secondary N) is 1. The molecular formula is C13H13BrN8. The van der Waals surface area contributed by atoms with Gasteiger partial charge in [0.15, 0.2) is 17.1 Å². The molecule has 9 heteroatoms. The van der Waals surface area contributed by atoms with E-state index < -0.39 is 0 Å². The molecule has 0 aliphatic carbocycles. The van der Waals surface area contributed by atoms with Crippen molar-refractivity contribution in [1.82, 2.24) is 39.6 Å². The van der Waals surface area contributed by atoms with Gasteiger partial charge in [-0.2, -0.15) is 10.2 Å². The summed E-state index contributed by atoms with van der Waals surface area (Å²) in [5.41, 5.74) is 3.59. The van der Waals surface area contributed by atoms with Crippen molar-refractivity contribution in [2.45, 2.75) is 26.8 Å². The minimum absolute atomic E-state index is 0.704. The first kappa shape index (κ1) is 13.4. The zero-order valence-corrected chi connectivity index (χ0v) is 13.7. The predicted octanol–water partition coefficient (Wildman–Crippen LogP) is 1.82. The van der Waals surface area contributed by atoms with Crippen molar-refractivity contribution in [3.05, 3.63) is 34.2 Å². The normalized spacial score (nSPS) is 11.8. The summed E-state index contributed by atoms with van der Waals surface area (Å²) in [6, 6.07) is 0. The molecule has 0 saturated heterocycles. The molecule has 4 aromatic rings. The first-order chi connectivity index (χ1) is 10.6. The first-order valence-corrected chi connectivity index (χ1v) is 7.65. The highest BCUT2D eigenvalue weighted by molar-refractivity contribution is 9.10. The molecule has 4 heterocycles. The Hall–Kier alpha value is -2.29. The summed E-state index contributed by atoms with van der Waals surface area (Å²) in [4.78, 5) is 8.83. The lowest BCUT2D eigenvalue weighted by Crippen LogP contribution is -2.06. The van der Waals surface area contributed by atoms with Gasteiger partial charge in [0.05, 0.1) is 21.7 Å². The van der Waals surface area contributed by atoms with Crippen molar-refractivity contribution in [2.75, 3.05) is 0 Å². The van der Waals surface area contributed by atoms with E-state index in [9.17, 15) is 0 Å². The molecule has 0 radical (unpaired) electrons. The summed E-state index contributed by atoms with van der Waals surface area (Å²) in [5, 5.41) is 16.7. The van der Waals surface area contributed by atoms with Gasteiger partial charge in [0.2, 0.25) is 0 Å². The van der Waals surface area contributed by atoms with Crippen LogP contribution in [0.3, 0.4) is 0 Å². The third kappa shape index (κ3) is 2.00. The van der Waals surface area contributed by atoms with E-state index in [2.05, 4.69) is 46.3 Å². The molecule has 22 heavy (non-hydrogen) atoms. The van der Waals surface area contributed by atoms with Crippen LogP contribution in [0.2, 0.25) is 0 Å². The van der Waals surface area contributed by atoms with E-state index in [-0.39, 0.29) is 0 Å². The van der Waals surface area contributed by atoms with Gasteiger partial charge in [-0.25, -0.2) is 14.5 Å². The fourth-order valence-electron chi connectivity index (χ4n) is 2.49. The average Bonchev–Trinajstić information content (AvgIpc) is 3.18. The van der Waals surface area contributed by atoms with Crippen LogP contribution in [-0.2, 0) is 13.0 Å². The molecular weight excluding hydrogens is 348 g/mol. The fraction of sp³-hybridized carbons (Fsp3) is 0.308. The second-order valence-corrected chi connectivity index (χ2v) is 5.92. The van der Waals surface area contributed by atoms with Gasteiger partial charge in [-0.3, -0.25) is 9.78 Å². The fourth-order valence-corrected chi connectivity index (χ4v) is 2.77. The number of aryl methyl sites for hydroxylation is 3. The number of nitrogens with zero attached hydrogens (tertiary/aromatic N) is 7. The van der Waals surface area contributed by atoms with Crippen LogP contribution in [0.4, 0.5) is 0 Å². The molecule has 0 spiro atoms. The van der Waals surface area contributed by atoms with Gasteiger partial charge in [-0.15, -0.1) is 5.10 Å². The van der Waals surface area contributed by atoms with Crippen molar-refractivity contribution >= 4 is 32.6 Å². The van der Waals surface area contributed by atoms with Gasteiger partial charge in [-0.1, -0.05) is 0 Å². The molecule has 0 bridgehead atoms. The number of aromatic nitrogens is 8. The van der Waals surface area contributed by atoms with E-state index in [4.69, 9.17) is 0 Å². The van der Waals surface area contributed by atoms with Gasteiger partial charge in [0, 0.05) is 18.7 Å². The second-order valence-electron chi connectivity index (χ2n) is 5.13. The van der Waals surface area contributed by atoms with Crippen LogP contribution in [0, 0.1) is 13.8 Å². The van der Waals surface area contributed by atoms with Crippen molar-refractivity contribution < 1.29 is 0 Å². The third-order valence-corrected chi connectivity index (χ3v) is 4.82. The summed E-state index contributed by atoms with van der Waals surface area (Å²) < 4.78 is 4.71. The molecule has 0 aliphatic rings. The summed E-state index contributed by atoms with van der Waals surface area (Å²) >= 11 is 3.54. The molecule has 0 unspecified atom stereocenters.